The number of rotatable bonds is 6. The molecule has 1 saturated carbocycles. The first-order chi connectivity index (χ1) is 7.88. The summed E-state index contributed by atoms with van der Waals surface area (Å²) < 4.78 is 10.9. The lowest BCUT2D eigenvalue weighted by molar-refractivity contribution is -0.162. The summed E-state index contributed by atoms with van der Waals surface area (Å²) >= 11 is 0. The molecule has 0 saturated heterocycles. The van der Waals surface area contributed by atoms with Gasteiger partial charge in [-0.05, 0) is 26.2 Å². The summed E-state index contributed by atoms with van der Waals surface area (Å²) in [7, 11) is -0.886. The van der Waals surface area contributed by atoms with E-state index in [4.69, 9.17) is 5.11 Å². The van der Waals surface area contributed by atoms with Gasteiger partial charge in [0.25, 0.3) is 0 Å². The Morgan fingerprint density at radius 2 is 2.06 bits per heavy atom. The van der Waals surface area contributed by atoms with E-state index < -0.39 is 28.1 Å². The second-order valence-electron chi connectivity index (χ2n) is 4.68. The molecule has 6 heteroatoms. The van der Waals surface area contributed by atoms with Crippen LogP contribution in [0.25, 0.3) is 0 Å². The van der Waals surface area contributed by atoms with Crippen LogP contribution in [0.2, 0.25) is 0 Å². The predicted octanol–water partition coefficient (Wildman–Crippen LogP) is 0.515. The van der Waals surface area contributed by atoms with Gasteiger partial charge in [0.2, 0.25) is 5.91 Å². The average molecular weight is 261 g/mol. The van der Waals surface area contributed by atoms with Crippen molar-refractivity contribution < 1.29 is 18.9 Å². The van der Waals surface area contributed by atoms with Crippen molar-refractivity contribution in [1.82, 2.24) is 5.32 Å². The van der Waals surface area contributed by atoms with Crippen LogP contribution in [0.1, 0.15) is 32.6 Å². The highest BCUT2D eigenvalue weighted by molar-refractivity contribution is 7.84. The minimum atomic E-state index is -1.21. The van der Waals surface area contributed by atoms with E-state index >= 15 is 0 Å². The Hall–Kier alpha value is -0.910. The maximum absolute atomic E-state index is 11.9. The summed E-state index contributed by atoms with van der Waals surface area (Å²) in [6.07, 6.45) is 3.83. The lowest BCUT2D eigenvalue weighted by Crippen LogP contribution is -2.53. The molecule has 17 heavy (non-hydrogen) atoms. The van der Waals surface area contributed by atoms with E-state index in [1.165, 1.54) is 0 Å². The van der Waals surface area contributed by atoms with Gasteiger partial charge in [-0.15, -0.1) is 0 Å². The number of carbonyl (C=O) groups is 2. The van der Waals surface area contributed by atoms with E-state index in [1.54, 1.807) is 13.2 Å². The third kappa shape index (κ3) is 3.28. The highest BCUT2D eigenvalue weighted by Gasteiger charge is 2.51. The normalized spacial score (nSPS) is 21.1. The van der Waals surface area contributed by atoms with E-state index in [1.807, 2.05) is 0 Å². The van der Waals surface area contributed by atoms with Crippen molar-refractivity contribution in [3.05, 3.63) is 0 Å². The lowest BCUT2D eigenvalue weighted by Gasteiger charge is -2.36. The zero-order valence-corrected chi connectivity index (χ0v) is 11.0. The number of carbonyl (C=O) groups excluding carboxylic acids is 1. The molecule has 0 heterocycles. The van der Waals surface area contributed by atoms with Crippen LogP contribution in [0.15, 0.2) is 0 Å². The molecule has 98 valence electrons. The van der Waals surface area contributed by atoms with Crippen LogP contribution < -0.4 is 5.32 Å². The van der Waals surface area contributed by atoms with Crippen molar-refractivity contribution in [2.45, 2.75) is 38.6 Å². The number of nitrogens with one attached hydrogen (secondary N) is 1. The molecule has 0 aromatic heterocycles. The molecule has 0 radical (unpaired) electrons. The molecule has 1 aliphatic rings. The van der Waals surface area contributed by atoms with E-state index in [-0.39, 0.29) is 6.04 Å². The van der Waals surface area contributed by atoms with E-state index in [0.29, 0.717) is 25.0 Å². The van der Waals surface area contributed by atoms with E-state index in [2.05, 4.69) is 5.32 Å². The van der Waals surface area contributed by atoms with Crippen LogP contribution in [0.3, 0.4) is 0 Å². The van der Waals surface area contributed by atoms with Crippen LogP contribution in [-0.4, -0.2) is 39.2 Å². The van der Waals surface area contributed by atoms with Gasteiger partial charge in [-0.2, -0.15) is 0 Å². The van der Waals surface area contributed by atoms with Crippen molar-refractivity contribution >= 4 is 22.7 Å². The van der Waals surface area contributed by atoms with Crippen LogP contribution in [-0.2, 0) is 20.4 Å². The molecule has 1 rings (SSSR count). The lowest BCUT2D eigenvalue weighted by atomic mass is 9.68. The fourth-order valence-electron chi connectivity index (χ4n) is 1.85. The third-order valence-corrected chi connectivity index (χ3v) is 4.08. The Bertz CT molecular complexity index is 338. The Morgan fingerprint density at radius 3 is 2.41 bits per heavy atom. The minimum absolute atomic E-state index is 0.136. The Balaban J connectivity index is 2.48. The standard InChI is InChI=1S/C11H19NO4S/c1-8(4-7-17(2)16)12-9(13)11(10(14)15)5-3-6-11/h8H,3-7H2,1-2H3,(H,12,13)(H,14,15). The van der Waals surface area contributed by atoms with Gasteiger partial charge in [-0.1, -0.05) is 6.42 Å². The van der Waals surface area contributed by atoms with Crippen LogP contribution in [0, 0.1) is 5.41 Å². The fraction of sp³-hybridized carbons (Fsp3) is 0.818. The van der Waals surface area contributed by atoms with Crippen LogP contribution >= 0.6 is 0 Å². The molecular weight excluding hydrogens is 242 g/mol. The molecular formula is C11H19NO4S. The number of carboxylic acid groups (broad SMARTS) is 1. The highest BCUT2D eigenvalue weighted by Crippen LogP contribution is 2.41. The van der Waals surface area contributed by atoms with E-state index in [9.17, 15) is 13.8 Å². The molecule has 0 spiro atoms. The highest BCUT2D eigenvalue weighted by atomic mass is 32.2. The average Bonchev–Trinajstić information content (AvgIpc) is 2.11. The molecule has 5 nitrogen and oxygen atoms in total. The first-order valence-electron chi connectivity index (χ1n) is 5.73. The molecule has 0 aliphatic heterocycles. The minimum Gasteiger partial charge on any atom is -0.480 e. The number of hydrogen-bond donors (Lipinski definition) is 2. The zero-order valence-electron chi connectivity index (χ0n) is 10.2. The summed E-state index contributed by atoms with van der Waals surface area (Å²) in [6.45, 7) is 1.80. The second kappa shape index (κ2) is 5.62. The molecule has 2 atom stereocenters. The molecule has 2 unspecified atom stereocenters. The zero-order chi connectivity index (χ0) is 13.1. The smallest absolute Gasteiger partial charge is 0.319 e. The quantitative estimate of drug-likeness (QED) is 0.683. The SMILES string of the molecule is CC(CCS(C)=O)NC(=O)C1(C(=O)O)CCC1. The Morgan fingerprint density at radius 1 is 1.47 bits per heavy atom. The van der Waals surface area contributed by atoms with Crippen molar-refractivity contribution in [3.8, 4) is 0 Å². The first-order valence-corrected chi connectivity index (χ1v) is 7.45. The van der Waals surface area contributed by atoms with Crippen LogP contribution in [0.4, 0.5) is 0 Å². The van der Waals surface area contributed by atoms with Gasteiger partial charge in [0.05, 0.1) is 0 Å². The van der Waals surface area contributed by atoms with Crippen LogP contribution in [0.5, 0.6) is 0 Å². The maximum atomic E-state index is 11.9. The number of amides is 1. The van der Waals surface area contributed by atoms with Gasteiger partial charge in [-0.3, -0.25) is 13.8 Å². The van der Waals surface area contributed by atoms with Gasteiger partial charge in [-0.25, -0.2) is 0 Å². The van der Waals surface area contributed by atoms with Crippen molar-refractivity contribution in [2.24, 2.45) is 5.41 Å². The maximum Gasteiger partial charge on any atom is 0.319 e. The molecule has 1 aliphatic carbocycles. The summed E-state index contributed by atoms with van der Waals surface area (Å²) in [4.78, 5) is 23.0. The third-order valence-electron chi connectivity index (χ3n) is 3.27. The van der Waals surface area contributed by atoms with Gasteiger partial charge in [0.1, 0.15) is 5.41 Å². The molecule has 1 fully saturated rings. The van der Waals surface area contributed by atoms with Gasteiger partial charge < -0.3 is 10.4 Å². The number of aliphatic carboxylic acids is 1. The van der Waals surface area contributed by atoms with Crippen molar-refractivity contribution in [3.63, 3.8) is 0 Å². The molecule has 1 amide bonds. The summed E-state index contributed by atoms with van der Waals surface area (Å²) in [5.41, 5.74) is -1.21. The topological polar surface area (TPSA) is 83.5 Å². The van der Waals surface area contributed by atoms with E-state index in [0.717, 1.165) is 6.42 Å². The van der Waals surface area contributed by atoms with Crippen molar-refractivity contribution in [2.75, 3.05) is 12.0 Å². The second-order valence-corrected chi connectivity index (χ2v) is 6.24. The van der Waals surface area contributed by atoms with Gasteiger partial charge in [0, 0.05) is 28.9 Å². The van der Waals surface area contributed by atoms with Gasteiger partial charge in [0.15, 0.2) is 0 Å². The molecule has 2 N–H and O–H groups in total. The molecule has 0 aromatic carbocycles. The van der Waals surface area contributed by atoms with Crippen molar-refractivity contribution in [1.29, 1.82) is 0 Å². The summed E-state index contributed by atoms with van der Waals surface area (Å²) in [5.74, 6) is -0.917. The Kier molecular flexibility index (Phi) is 4.68. The molecule has 0 aromatic rings. The monoisotopic (exact) mass is 261 g/mol. The number of carboxylic acids is 1. The Labute approximate surface area is 103 Å². The molecule has 0 bridgehead atoms. The first kappa shape index (κ1) is 14.2. The van der Waals surface area contributed by atoms with Gasteiger partial charge >= 0.3 is 5.97 Å². The predicted molar refractivity (Wildman–Crippen MR) is 65.1 cm³/mol. The fourth-order valence-corrected chi connectivity index (χ4v) is 2.53. The summed E-state index contributed by atoms with van der Waals surface area (Å²) in [5, 5.41) is 11.8. The number of hydrogen-bond acceptors (Lipinski definition) is 3. The summed E-state index contributed by atoms with van der Waals surface area (Å²) in [6, 6.07) is -0.136. The largest absolute Gasteiger partial charge is 0.480 e.